The van der Waals surface area contributed by atoms with E-state index in [1.807, 2.05) is 6.92 Å². The van der Waals surface area contributed by atoms with Gasteiger partial charge in [0.1, 0.15) is 6.17 Å². The van der Waals surface area contributed by atoms with Crippen LogP contribution in [0.3, 0.4) is 0 Å². The molecule has 0 spiro atoms. The number of halogens is 3. The van der Waals surface area contributed by atoms with Gasteiger partial charge in [0, 0.05) is 5.92 Å². The lowest BCUT2D eigenvalue weighted by Crippen LogP contribution is -2.41. The van der Waals surface area contributed by atoms with E-state index < -0.39 is 23.9 Å². The van der Waals surface area contributed by atoms with E-state index in [9.17, 15) is 13.2 Å². The fraction of sp³-hybridized carbons (Fsp3) is 1.00. The van der Waals surface area contributed by atoms with Crippen molar-refractivity contribution in [2.45, 2.75) is 84.2 Å². The highest BCUT2D eigenvalue weighted by Gasteiger charge is 2.60. The zero-order valence-electron chi connectivity index (χ0n) is 13.8. The van der Waals surface area contributed by atoms with Crippen molar-refractivity contribution in [3.63, 3.8) is 0 Å². The molecule has 3 heteroatoms. The molecule has 0 heterocycles. The summed E-state index contributed by atoms with van der Waals surface area (Å²) in [5.74, 6) is -3.55. The molecule has 0 radical (unpaired) electrons. The zero-order valence-corrected chi connectivity index (χ0v) is 13.8. The molecule has 2 fully saturated rings. The summed E-state index contributed by atoms with van der Waals surface area (Å²) in [6, 6.07) is 0. The Morgan fingerprint density at radius 3 is 2.52 bits per heavy atom. The summed E-state index contributed by atoms with van der Waals surface area (Å²) in [7, 11) is 0. The molecule has 0 aromatic heterocycles. The Kier molecular flexibility index (Phi) is 5.65. The minimum absolute atomic E-state index is 0.0863. The van der Waals surface area contributed by atoms with Crippen molar-refractivity contribution in [3.8, 4) is 0 Å². The fourth-order valence-corrected chi connectivity index (χ4v) is 4.84. The van der Waals surface area contributed by atoms with Crippen LogP contribution in [0.15, 0.2) is 0 Å². The van der Waals surface area contributed by atoms with Crippen LogP contribution in [0.2, 0.25) is 0 Å². The molecule has 0 N–H and O–H groups in total. The van der Waals surface area contributed by atoms with Gasteiger partial charge in [-0.1, -0.05) is 46.5 Å². The van der Waals surface area contributed by atoms with Gasteiger partial charge in [-0.05, 0) is 43.4 Å². The third kappa shape index (κ3) is 3.76. The lowest BCUT2D eigenvalue weighted by Gasteiger charge is -2.35. The summed E-state index contributed by atoms with van der Waals surface area (Å²) in [4.78, 5) is 0. The van der Waals surface area contributed by atoms with Crippen LogP contribution in [0.5, 0.6) is 0 Å². The van der Waals surface area contributed by atoms with Crippen LogP contribution in [0.25, 0.3) is 0 Å². The van der Waals surface area contributed by atoms with Gasteiger partial charge in [-0.2, -0.15) is 0 Å². The lowest BCUT2D eigenvalue weighted by molar-refractivity contribution is -0.118. The first-order chi connectivity index (χ1) is 9.86. The van der Waals surface area contributed by atoms with Crippen LogP contribution in [0, 0.1) is 29.6 Å². The minimum Gasteiger partial charge on any atom is -0.247 e. The molecular formula is C18H31F3. The van der Waals surface area contributed by atoms with E-state index in [0.29, 0.717) is 25.2 Å². The quantitative estimate of drug-likeness (QED) is 0.544. The summed E-state index contributed by atoms with van der Waals surface area (Å²) in [5.41, 5.74) is 0. The van der Waals surface area contributed by atoms with Crippen molar-refractivity contribution in [2.24, 2.45) is 29.6 Å². The molecule has 0 saturated heterocycles. The van der Waals surface area contributed by atoms with Gasteiger partial charge >= 0.3 is 0 Å². The van der Waals surface area contributed by atoms with Gasteiger partial charge in [0.15, 0.2) is 0 Å². The summed E-state index contributed by atoms with van der Waals surface area (Å²) < 4.78 is 43.2. The summed E-state index contributed by atoms with van der Waals surface area (Å²) in [5, 5.41) is 0. The Morgan fingerprint density at radius 2 is 1.86 bits per heavy atom. The molecule has 2 aliphatic rings. The maximum Gasteiger partial charge on any atom is 0.256 e. The Balaban J connectivity index is 1.89. The van der Waals surface area contributed by atoms with Crippen molar-refractivity contribution in [1.82, 2.24) is 0 Å². The molecule has 0 bridgehead atoms. The number of hydrogen-bond donors (Lipinski definition) is 0. The Hall–Kier alpha value is -0.210. The van der Waals surface area contributed by atoms with Crippen LogP contribution >= 0.6 is 0 Å². The van der Waals surface area contributed by atoms with Crippen molar-refractivity contribution in [2.75, 3.05) is 0 Å². The smallest absolute Gasteiger partial charge is 0.247 e. The first-order valence-corrected chi connectivity index (χ1v) is 8.88. The van der Waals surface area contributed by atoms with E-state index in [1.54, 1.807) is 0 Å². The first-order valence-electron chi connectivity index (χ1n) is 8.88. The molecule has 0 nitrogen and oxygen atoms in total. The predicted molar refractivity (Wildman–Crippen MR) is 81.3 cm³/mol. The normalized spacial score (nSPS) is 40.0. The van der Waals surface area contributed by atoms with E-state index in [2.05, 4.69) is 13.8 Å². The number of hydrogen-bond acceptors (Lipinski definition) is 0. The molecule has 0 aromatic rings. The highest BCUT2D eigenvalue weighted by molar-refractivity contribution is 5.02. The summed E-state index contributed by atoms with van der Waals surface area (Å²) in [6.45, 7) is 6.37. The highest BCUT2D eigenvalue weighted by Crippen LogP contribution is 2.57. The maximum atomic E-state index is 14.6. The van der Waals surface area contributed by atoms with Gasteiger partial charge in [0.2, 0.25) is 0 Å². The second-order valence-electron chi connectivity index (χ2n) is 7.81. The Morgan fingerprint density at radius 1 is 1.14 bits per heavy atom. The van der Waals surface area contributed by atoms with Crippen molar-refractivity contribution >= 4 is 0 Å². The van der Waals surface area contributed by atoms with Crippen LogP contribution in [0.1, 0.15) is 72.1 Å². The number of alkyl halides is 3. The Bertz CT molecular complexity index is 328. The maximum absolute atomic E-state index is 14.6. The largest absolute Gasteiger partial charge is 0.256 e. The van der Waals surface area contributed by atoms with Crippen molar-refractivity contribution in [1.29, 1.82) is 0 Å². The topological polar surface area (TPSA) is 0 Å². The monoisotopic (exact) mass is 304 g/mol. The molecular weight excluding hydrogens is 273 g/mol. The molecule has 2 rings (SSSR count). The minimum atomic E-state index is -2.78. The summed E-state index contributed by atoms with van der Waals surface area (Å²) in [6.07, 6.45) is 5.19. The van der Waals surface area contributed by atoms with E-state index in [1.165, 1.54) is 6.42 Å². The third-order valence-corrected chi connectivity index (χ3v) is 5.84. The van der Waals surface area contributed by atoms with Gasteiger partial charge in [0.25, 0.3) is 5.92 Å². The molecule has 0 aliphatic heterocycles. The molecule has 2 saturated carbocycles. The van der Waals surface area contributed by atoms with Gasteiger partial charge in [-0.25, -0.2) is 13.2 Å². The van der Waals surface area contributed by atoms with Gasteiger partial charge in [-0.15, -0.1) is 0 Å². The van der Waals surface area contributed by atoms with Crippen molar-refractivity contribution in [3.05, 3.63) is 0 Å². The average molecular weight is 304 g/mol. The number of rotatable bonds is 6. The predicted octanol–water partition coefficient (Wildman–Crippen LogP) is 6.25. The average Bonchev–Trinajstić information content (AvgIpc) is 2.60. The van der Waals surface area contributed by atoms with Crippen LogP contribution in [-0.2, 0) is 0 Å². The second kappa shape index (κ2) is 6.91. The first kappa shape index (κ1) is 17.1. The molecule has 6 atom stereocenters. The lowest BCUT2D eigenvalue weighted by atomic mass is 9.74. The standard InChI is InChI=1S/C18H31F3/c1-4-6-12(2)7-5-8-15-11-14-9-13(3)10-16(19)17(14)18(15,20)21/h12-17H,4-11H2,1-3H3. The molecule has 6 unspecified atom stereocenters. The van der Waals surface area contributed by atoms with E-state index >= 15 is 0 Å². The second-order valence-corrected chi connectivity index (χ2v) is 7.81. The molecule has 2 aliphatic carbocycles. The molecule has 124 valence electrons. The van der Waals surface area contributed by atoms with Crippen LogP contribution in [0.4, 0.5) is 13.2 Å². The van der Waals surface area contributed by atoms with Gasteiger partial charge < -0.3 is 0 Å². The third-order valence-electron chi connectivity index (χ3n) is 5.84. The Labute approximate surface area is 127 Å². The SMILES string of the molecule is CCCC(C)CCCC1CC2CC(C)CC(F)C2C1(F)F. The van der Waals surface area contributed by atoms with E-state index in [4.69, 9.17) is 0 Å². The zero-order chi connectivity index (χ0) is 15.6. The highest BCUT2D eigenvalue weighted by atomic mass is 19.3. The van der Waals surface area contributed by atoms with Crippen LogP contribution in [-0.4, -0.2) is 12.1 Å². The van der Waals surface area contributed by atoms with E-state index in [0.717, 1.165) is 25.7 Å². The summed E-state index contributed by atoms with van der Waals surface area (Å²) >= 11 is 0. The van der Waals surface area contributed by atoms with Crippen molar-refractivity contribution < 1.29 is 13.2 Å². The van der Waals surface area contributed by atoms with Gasteiger partial charge in [-0.3, -0.25) is 0 Å². The van der Waals surface area contributed by atoms with Crippen LogP contribution < -0.4 is 0 Å². The molecule has 0 aromatic carbocycles. The molecule has 21 heavy (non-hydrogen) atoms. The number of fused-ring (bicyclic) bond motifs is 1. The fourth-order valence-electron chi connectivity index (χ4n) is 4.84. The van der Waals surface area contributed by atoms with E-state index in [-0.39, 0.29) is 11.8 Å². The van der Waals surface area contributed by atoms with Gasteiger partial charge in [0.05, 0.1) is 5.92 Å². The molecule has 0 amide bonds.